The van der Waals surface area contributed by atoms with E-state index in [-0.39, 0.29) is 18.3 Å². The maximum atomic E-state index is 11.7. The van der Waals surface area contributed by atoms with Crippen molar-refractivity contribution in [3.05, 3.63) is 35.4 Å². The van der Waals surface area contributed by atoms with Crippen molar-refractivity contribution in [2.45, 2.75) is 32.2 Å². The third-order valence-electron chi connectivity index (χ3n) is 3.31. The Kier molecular flexibility index (Phi) is 6.16. The summed E-state index contributed by atoms with van der Waals surface area (Å²) in [6.07, 6.45) is 2.47. The van der Waals surface area contributed by atoms with Crippen LogP contribution >= 0.6 is 12.4 Å². The van der Waals surface area contributed by atoms with Gasteiger partial charge in [-0.25, -0.2) is 0 Å². The Bertz CT molecular complexity index is 389. The summed E-state index contributed by atoms with van der Waals surface area (Å²) in [5.41, 5.74) is 2.54. The molecule has 1 atom stereocenters. The standard InChI is InChI=1S/C14H20N2O.ClH/c1-11-4-2-3-5-12(11)6-7-14(17)16-13-8-9-15-10-13;/h2-5,13,15H,6-10H2,1H3,(H,16,17);1H. The molecule has 0 radical (unpaired) electrons. The Morgan fingerprint density at radius 1 is 1.44 bits per heavy atom. The quantitative estimate of drug-likeness (QED) is 0.875. The molecular formula is C14H21ClN2O. The average Bonchev–Trinajstić information content (AvgIpc) is 2.81. The molecule has 1 heterocycles. The first-order chi connectivity index (χ1) is 8.25. The molecule has 0 aromatic heterocycles. The Labute approximate surface area is 115 Å². The second-order valence-electron chi connectivity index (χ2n) is 4.68. The molecule has 1 aliphatic heterocycles. The minimum atomic E-state index is 0. The van der Waals surface area contributed by atoms with E-state index in [1.165, 1.54) is 11.1 Å². The lowest BCUT2D eigenvalue weighted by atomic mass is 10.0. The number of halogens is 1. The van der Waals surface area contributed by atoms with Crippen molar-refractivity contribution in [1.29, 1.82) is 0 Å². The van der Waals surface area contributed by atoms with Crippen LogP contribution in [-0.4, -0.2) is 25.0 Å². The first-order valence-electron chi connectivity index (χ1n) is 6.30. The number of benzene rings is 1. The molecule has 100 valence electrons. The topological polar surface area (TPSA) is 41.1 Å². The average molecular weight is 269 g/mol. The number of nitrogens with one attached hydrogen (secondary N) is 2. The van der Waals surface area contributed by atoms with E-state index in [9.17, 15) is 4.79 Å². The van der Waals surface area contributed by atoms with E-state index in [2.05, 4.69) is 29.7 Å². The van der Waals surface area contributed by atoms with Crippen molar-refractivity contribution < 1.29 is 4.79 Å². The molecule has 1 fully saturated rings. The number of amides is 1. The van der Waals surface area contributed by atoms with Crippen LogP contribution in [0.3, 0.4) is 0 Å². The number of hydrogen-bond acceptors (Lipinski definition) is 2. The van der Waals surface area contributed by atoms with Crippen LogP contribution in [0, 0.1) is 6.92 Å². The molecule has 0 spiro atoms. The molecule has 1 aromatic carbocycles. The van der Waals surface area contributed by atoms with Gasteiger partial charge in [-0.2, -0.15) is 0 Å². The normalized spacial score (nSPS) is 18.2. The van der Waals surface area contributed by atoms with Gasteiger partial charge in [-0.1, -0.05) is 24.3 Å². The Morgan fingerprint density at radius 2 is 2.22 bits per heavy atom. The summed E-state index contributed by atoms with van der Waals surface area (Å²) < 4.78 is 0. The lowest BCUT2D eigenvalue weighted by Gasteiger charge is -2.11. The van der Waals surface area contributed by atoms with Crippen molar-refractivity contribution in [3.8, 4) is 0 Å². The number of rotatable bonds is 4. The predicted molar refractivity (Wildman–Crippen MR) is 76.2 cm³/mol. The minimum absolute atomic E-state index is 0. The molecular weight excluding hydrogens is 248 g/mol. The highest BCUT2D eigenvalue weighted by molar-refractivity contribution is 5.85. The number of carbonyl (C=O) groups is 1. The van der Waals surface area contributed by atoms with Gasteiger partial charge < -0.3 is 10.6 Å². The first-order valence-corrected chi connectivity index (χ1v) is 6.30. The van der Waals surface area contributed by atoms with Crippen molar-refractivity contribution >= 4 is 18.3 Å². The van der Waals surface area contributed by atoms with Crippen LogP contribution in [0.1, 0.15) is 24.0 Å². The molecule has 1 unspecified atom stereocenters. The van der Waals surface area contributed by atoms with Crippen LogP contribution in [0.4, 0.5) is 0 Å². The molecule has 2 rings (SSSR count). The van der Waals surface area contributed by atoms with E-state index < -0.39 is 0 Å². The lowest BCUT2D eigenvalue weighted by molar-refractivity contribution is -0.121. The molecule has 0 saturated carbocycles. The zero-order chi connectivity index (χ0) is 12.1. The molecule has 0 aliphatic carbocycles. The van der Waals surface area contributed by atoms with Gasteiger partial charge in [-0.3, -0.25) is 4.79 Å². The zero-order valence-electron chi connectivity index (χ0n) is 10.7. The smallest absolute Gasteiger partial charge is 0.220 e. The van der Waals surface area contributed by atoms with Crippen molar-refractivity contribution in [2.75, 3.05) is 13.1 Å². The van der Waals surface area contributed by atoms with Gasteiger partial charge in [-0.05, 0) is 37.4 Å². The molecule has 2 N–H and O–H groups in total. The summed E-state index contributed by atoms with van der Waals surface area (Å²) in [5, 5.41) is 6.31. The van der Waals surface area contributed by atoms with Crippen molar-refractivity contribution in [1.82, 2.24) is 10.6 Å². The Balaban J connectivity index is 0.00000162. The van der Waals surface area contributed by atoms with Gasteiger partial charge in [0.25, 0.3) is 0 Å². The highest BCUT2D eigenvalue weighted by Gasteiger charge is 2.16. The summed E-state index contributed by atoms with van der Waals surface area (Å²) in [7, 11) is 0. The number of aryl methyl sites for hydroxylation is 2. The van der Waals surface area contributed by atoms with Gasteiger partial charge >= 0.3 is 0 Å². The van der Waals surface area contributed by atoms with E-state index in [0.29, 0.717) is 12.5 Å². The summed E-state index contributed by atoms with van der Waals surface area (Å²) in [5.74, 6) is 0.168. The van der Waals surface area contributed by atoms with Crippen LogP contribution in [-0.2, 0) is 11.2 Å². The summed E-state index contributed by atoms with van der Waals surface area (Å²) in [6, 6.07) is 8.58. The molecule has 1 amide bonds. The van der Waals surface area contributed by atoms with Gasteiger partial charge in [-0.15, -0.1) is 12.4 Å². The number of carbonyl (C=O) groups excluding carboxylic acids is 1. The van der Waals surface area contributed by atoms with Crippen LogP contribution in [0.25, 0.3) is 0 Å². The van der Waals surface area contributed by atoms with E-state index in [1.807, 2.05) is 12.1 Å². The van der Waals surface area contributed by atoms with E-state index in [1.54, 1.807) is 0 Å². The van der Waals surface area contributed by atoms with Gasteiger partial charge in [0.1, 0.15) is 0 Å². The summed E-state index contributed by atoms with van der Waals surface area (Å²) in [4.78, 5) is 11.7. The van der Waals surface area contributed by atoms with Gasteiger partial charge in [0.05, 0.1) is 0 Å². The van der Waals surface area contributed by atoms with E-state index >= 15 is 0 Å². The van der Waals surface area contributed by atoms with Crippen molar-refractivity contribution in [2.24, 2.45) is 0 Å². The van der Waals surface area contributed by atoms with Crippen LogP contribution in [0.2, 0.25) is 0 Å². The largest absolute Gasteiger partial charge is 0.352 e. The Morgan fingerprint density at radius 3 is 2.89 bits per heavy atom. The highest BCUT2D eigenvalue weighted by atomic mass is 35.5. The third-order valence-corrected chi connectivity index (χ3v) is 3.31. The molecule has 18 heavy (non-hydrogen) atoms. The summed E-state index contributed by atoms with van der Waals surface area (Å²) >= 11 is 0. The highest BCUT2D eigenvalue weighted by Crippen LogP contribution is 2.09. The van der Waals surface area contributed by atoms with E-state index in [0.717, 1.165) is 25.9 Å². The van der Waals surface area contributed by atoms with Gasteiger partial charge in [0, 0.05) is 19.0 Å². The second kappa shape index (κ2) is 7.39. The zero-order valence-corrected chi connectivity index (χ0v) is 11.6. The van der Waals surface area contributed by atoms with Gasteiger partial charge in [0.15, 0.2) is 0 Å². The fraction of sp³-hybridized carbons (Fsp3) is 0.500. The Hall–Kier alpha value is -1.06. The molecule has 0 bridgehead atoms. The lowest BCUT2D eigenvalue weighted by Crippen LogP contribution is -2.36. The minimum Gasteiger partial charge on any atom is -0.352 e. The first kappa shape index (κ1) is 15.0. The number of hydrogen-bond donors (Lipinski definition) is 2. The van der Waals surface area contributed by atoms with Crippen LogP contribution < -0.4 is 10.6 Å². The predicted octanol–water partition coefficient (Wildman–Crippen LogP) is 1.83. The van der Waals surface area contributed by atoms with Crippen LogP contribution in [0.15, 0.2) is 24.3 Å². The third kappa shape index (κ3) is 4.31. The monoisotopic (exact) mass is 268 g/mol. The molecule has 1 aromatic rings. The molecule has 1 aliphatic rings. The fourth-order valence-electron chi connectivity index (χ4n) is 2.22. The molecule has 4 heteroatoms. The second-order valence-corrected chi connectivity index (χ2v) is 4.68. The van der Waals surface area contributed by atoms with Gasteiger partial charge in [0.2, 0.25) is 5.91 Å². The molecule has 1 saturated heterocycles. The maximum absolute atomic E-state index is 11.7. The summed E-state index contributed by atoms with van der Waals surface area (Å²) in [6.45, 7) is 4.02. The maximum Gasteiger partial charge on any atom is 0.220 e. The molecule has 3 nitrogen and oxygen atoms in total. The SMILES string of the molecule is Cc1ccccc1CCC(=O)NC1CCNC1.Cl. The fourth-order valence-corrected chi connectivity index (χ4v) is 2.22. The van der Waals surface area contributed by atoms with Crippen LogP contribution in [0.5, 0.6) is 0 Å². The van der Waals surface area contributed by atoms with E-state index in [4.69, 9.17) is 0 Å². The van der Waals surface area contributed by atoms with Crippen molar-refractivity contribution in [3.63, 3.8) is 0 Å².